The summed E-state index contributed by atoms with van der Waals surface area (Å²) < 4.78 is 0. The molecule has 100 valence electrons. The first-order valence-corrected chi connectivity index (χ1v) is 7.17. The van der Waals surface area contributed by atoms with Crippen LogP contribution in [0.3, 0.4) is 0 Å². The average molecular weight is 322 g/mol. The van der Waals surface area contributed by atoms with E-state index < -0.39 is 12.2 Å². The molecule has 0 aromatic heterocycles. The average Bonchev–Trinajstić information content (AvgIpc) is 2.47. The van der Waals surface area contributed by atoms with Gasteiger partial charge in [0.15, 0.2) is 0 Å². The Morgan fingerprint density at radius 1 is 0.947 bits per heavy atom. The van der Waals surface area contributed by atoms with Gasteiger partial charge in [-0.15, -0.1) is 0 Å². The highest BCUT2D eigenvalue weighted by Crippen LogP contribution is 2.23. The van der Waals surface area contributed by atoms with Crippen molar-refractivity contribution in [3.63, 3.8) is 0 Å². The van der Waals surface area contributed by atoms with Gasteiger partial charge in [0.05, 0.1) is 6.10 Å². The van der Waals surface area contributed by atoms with Gasteiger partial charge in [0.1, 0.15) is 6.10 Å². The van der Waals surface area contributed by atoms with Crippen LogP contribution in [0.1, 0.15) is 11.7 Å². The molecular formula is C15H16BrNO2. The van der Waals surface area contributed by atoms with Gasteiger partial charge in [0.2, 0.25) is 0 Å². The minimum absolute atomic E-state index is 0.338. The fraction of sp³-hybridized carbons (Fsp3) is 0.200. The van der Waals surface area contributed by atoms with E-state index in [2.05, 4.69) is 21.2 Å². The van der Waals surface area contributed by atoms with Gasteiger partial charge in [-0.25, -0.2) is 0 Å². The fourth-order valence-electron chi connectivity index (χ4n) is 1.80. The second kappa shape index (κ2) is 6.70. The van der Waals surface area contributed by atoms with E-state index >= 15 is 0 Å². The molecule has 0 saturated carbocycles. The Kier molecular flexibility index (Phi) is 4.96. The quantitative estimate of drug-likeness (QED) is 0.741. The molecule has 4 heteroatoms. The second-order valence-corrected chi connectivity index (χ2v) is 4.93. The third-order valence-electron chi connectivity index (χ3n) is 2.81. The SMILES string of the molecule is OC(CBr)C(O)c1cccc(Nc2ccccc2)c1. The lowest BCUT2D eigenvalue weighted by Gasteiger charge is -2.17. The molecule has 0 spiro atoms. The Balaban J connectivity index is 2.15. The van der Waals surface area contributed by atoms with Crippen molar-refractivity contribution < 1.29 is 10.2 Å². The van der Waals surface area contributed by atoms with E-state index in [4.69, 9.17) is 0 Å². The zero-order valence-corrected chi connectivity index (χ0v) is 11.9. The first kappa shape index (κ1) is 14.1. The number of hydrogen-bond acceptors (Lipinski definition) is 3. The predicted molar refractivity (Wildman–Crippen MR) is 80.9 cm³/mol. The molecule has 2 rings (SSSR count). The number of benzene rings is 2. The minimum atomic E-state index is -0.892. The molecule has 2 aromatic rings. The molecule has 3 N–H and O–H groups in total. The lowest BCUT2D eigenvalue weighted by Crippen LogP contribution is -2.19. The molecule has 0 heterocycles. The molecule has 2 aromatic carbocycles. The van der Waals surface area contributed by atoms with Crippen LogP contribution >= 0.6 is 15.9 Å². The van der Waals surface area contributed by atoms with Crippen LogP contribution < -0.4 is 5.32 Å². The van der Waals surface area contributed by atoms with Gasteiger partial charge in [-0.2, -0.15) is 0 Å². The number of aliphatic hydroxyl groups excluding tert-OH is 2. The molecule has 2 unspecified atom stereocenters. The number of aliphatic hydroxyl groups is 2. The smallest absolute Gasteiger partial charge is 0.106 e. The summed E-state index contributed by atoms with van der Waals surface area (Å²) in [7, 11) is 0. The van der Waals surface area contributed by atoms with Crippen molar-refractivity contribution in [3.8, 4) is 0 Å². The maximum atomic E-state index is 9.97. The number of hydrogen-bond donors (Lipinski definition) is 3. The molecule has 0 aliphatic heterocycles. The molecule has 19 heavy (non-hydrogen) atoms. The Bertz CT molecular complexity index is 519. The summed E-state index contributed by atoms with van der Waals surface area (Å²) in [5.74, 6) is 0. The zero-order valence-electron chi connectivity index (χ0n) is 10.3. The molecular weight excluding hydrogens is 306 g/mol. The normalized spacial score (nSPS) is 13.8. The van der Waals surface area contributed by atoms with E-state index in [1.54, 1.807) is 6.07 Å². The summed E-state index contributed by atoms with van der Waals surface area (Å²) in [4.78, 5) is 0. The van der Waals surface area contributed by atoms with Crippen molar-refractivity contribution in [2.45, 2.75) is 12.2 Å². The van der Waals surface area contributed by atoms with E-state index in [9.17, 15) is 10.2 Å². The zero-order chi connectivity index (χ0) is 13.7. The highest BCUT2D eigenvalue weighted by Gasteiger charge is 2.17. The highest BCUT2D eigenvalue weighted by atomic mass is 79.9. The molecule has 0 aliphatic carbocycles. The van der Waals surface area contributed by atoms with E-state index in [1.807, 2.05) is 48.5 Å². The standard InChI is InChI=1S/C15H16BrNO2/c16-10-14(18)15(19)11-5-4-8-13(9-11)17-12-6-2-1-3-7-12/h1-9,14-15,17-19H,10H2. The largest absolute Gasteiger partial charge is 0.389 e. The summed E-state index contributed by atoms with van der Waals surface area (Å²) in [5.41, 5.74) is 2.55. The molecule has 0 amide bonds. The van der Waals surface area contributed by atoms with Gasteiger partial charge >= 0.3 is 0 Å². The van der Waals surface area contributed by atoms with E-state index in [1.165, 1.54) is 0 Å². The number of alkyl halides is 1. The lowest BCUT2D eigenvalue weighted by molar-refractivity contribution is 0.0343. The van der Waals surface area contributed by atoms with E-state index in [-0.39, 0.29) is 0 Å². The van der Waals surface area contributed by atoms with Crippen LogP contribution in [0.15, 0.2) is 54.6 Å². The van der Waals surface area contributed by atoms with Crippen LogP contribution in [0.25, 0.3) is 0 Å². The van der Waals surface area contributed by atoms with Crippen molar-refractivity contribution in [1.29, 1.82) is 0 Å². The molecule has 0 saturated heterocycles. The first-order chi connectivity index (χ1) is 9.20. The Hall–Kier alpha value is -1.36. The Labute approximate surface area is 121 Å². The van der Waals surface area contributed by atoms with Crippen LogP contribution in [0.5, 0.6) is 0 Å². The van der Waals surface area contributed by atoms with E-state index in [0.29, 0.717) is 10.9 Å². The number of rotatable bonds is 5. The summed E-state index contributed by atoms with van der Waals surface area (Å²) in [6.07, 6.45) is -1.70. The van der Waals surface area contributed by atoms with Gasteiger partial charge in [0, 0.05) is 16.7 Å². The van der Waals surface area contributed by atoms with Crippen molar-refractivity contribution in [2.24, 2.45) is 0 Å². The Morgan fingerprint density at radius 2 is 1.63 bits per heavy atom. The summed E-state index contributed by atoms with van der Waals surface area (Å²) >= 11 is 3.16. The lowest BCUT2D eigenvalue weighted by atomic mass is 10.0. The van der Waals surface area contributed by atoms with Crippen molar-refractivity contribution >= 4 is 27.3 Å². The van der Waals surface area contributed by atoms with Gasteiger partial charge < -0.3 is 15.5 Å². The van der Waals surface area contributed by atoms with E-state index in [0.717, 1.165) is 11.4 Å². The van der Waals surface area contributed by atoms with Crippen LogP contribution in [0.4, 0.5) is 11.4 Å². The molecule has 0 bridgehead atoms. The number of nitrogens with one attached hydrogen (secondary N) is 1. The topological polar surface area (TPSA) is 52.5 Å². The number of halogens is 1. The van der Waals surface area contributed by atoms with Crippen molar-refractivity contribution in [1.82, 2.24) is 0 Å². The molecule has 2 atom stereocenters. The second-order valence-electron chi connectivity index (χ2n) is 4.28. The monoisotopic (exact) mass is 321 g/mol. The maximum absolute atomic E-state index is 9.97. The molecule has 0 fully saturated rings. The van der Waals surface area contributed by atoms with Gasteiger partial charge in [-0.05, 0) is 29.8 Å². The van der Waals surface area contributed by atoms with Crippen LogP contribution in [-0.4, -0.2) is 21.6 Å². The summed E-state index contributed by atoms with van der Waals surface area (Å²) in [6, 6.07) is 17.2. The fourth-order valence-corrected chi connectivity index (χ4v) is 2.15. The van der Waals surface area contributed by atoms with Crippen molar-refractivity contribution in [2.75, 3.05) is 10.6 Å². The minimum Gasteiger partial charge on any atom is -0.389 e. The maximum Gasteiger partial charge on any atom is 0.106 e. The molecule has 0 aliphatic rings. The highest BCUT2D eigenvalue weighted by molar-refractivity contribution is 9.09. The first-order valence-electron chi connectivity index (χ1n) is 6.05. The third kappa shape index (κ3) is 3.80. The number of anilines is 2. The van der Waals surface area contributed by atoms with Gasteiger partial charge in [-0.3, -0.25) is 0 Å². The van der Waals surface area contributed by atoms with Crippen LogP contribution in [0, 0.1) is 0 Å². The van der Waals surface area contributed by atoms with Crippen molar-refractivity contribution in [3.05, 3.63) is 60.2 Å². The summed E-state index contributed by atoms with van der Waals surface area (Å²) in [5, 5.41) is 23.2. The van der Waals surface area contributed by atoms with Crippen LogP contribution in [0.2, 0.25) is 0 Å². The van der Waals surface area contributed by atoms with Gasteiger partial charge in [0.25, 0.3) is 0 Å². The van der Waals surface area contributed by atoms with Gasteiger partial charge in [-0.1, -0.05) is 46.3 Å². The van der Waals surface area contributed by atoms with Crippen LogP contribution in [-0.2, 0) is 0 Å². The molecule has 3 nitrogen and oxygen atoms in total. The third-order valence-corrected chi connectivity index (χ3v) is 3.48. The Morgan fingerprint density at radius 3 is 2.32 bits per heavy atom. The summed E-state index contributed by atoms with van der Waals surface area (Å²) in [6.45, 7) is 0. The predicted octanol–water partition coefficient (Wildman–Crippen LogP) is 3.22. The molecule has 0 radical (unpaired) electrons. The number of para-hydroxylation sites is 1.